The van der Waals surface area contributed by atoms with Crippen LogP contribution in [0.15, 0.2) is 41.3 Å². The highest BCUT2D eigenvalue weighted by Gasteiger charge is 2.09. The summed E-state index contributed by atoms with van der Waals surface area (Å²) >= 11 is 0. The zero-order valence-electron chi connectivity index (χ0n) is 7.68. The van der Waals surface area contributed by atoms with E-state index in [-0.39, 0.29) is 5.88 Å². The summed E-state index contributed by atoms with van der Waals surface area (Å²) in [4.78, 5) is 14.2. The van der Waals surface area contributed by atoms with Crippen molar-refractivity contribution in [3.63, 3.8) is 0 Å². The minimum Gasteiger partial charge on any atom is -0.449 e. The van der Waals surface area contributed by atoms with Gasteiger partial charge in [0.2, 0.25) is 5.88 Å². The van der Waals surface area contributed by atoms with E-state index in [4.69, 9.17) is 5.11 Å². The molecule has 1 aromatic carbocycles. The number of hydrogen-bond donors (Lipinski definition) is 2. The fraction of sp³-hybridized carbons (Fsp3) is 0. The fourth-order valence-corrected chi connectivity index (χ4v) is 1.22. The van der Waals surface area contributed by atoms with Crippen molar-refractivity contribution in [2.45, 2.75) is 0 Å². The van der Waals surface area contributed by atoms with E-state index in [0.717, 1.165) is 11.3 Å². The molecule has 0 bridgehead atoms. The first kappa shape index (κ1) is 9.26. The lowest BCUT2D eigenvalue weighted by atomic mass is 10.2. The molecule has 15 heavy (non-hydrogen) atoms. The van der Waals surface area contributed by atoms with Gasteiger partial charge < -0.3 is 15.2 Å². The lowest BCUT2D eigenvalue weighted by molar-refractivity contribution is 0.120. The molecule has 0 saturated carbocycles. The van der Waals surface area contributed by atoms with Crippen LogP contribution < -0.4 is 5.32 Å². The highest BCUT2D eigenvalue weighted by Crippen LogP contribution is 2.18. The average Bonchev–Trinajstić information content (AvgIpc) is 2.38. The number of aliphatic imine (C=N–C) groups is 1. The van der Waals surface area contributed by atoms with E-state index in [2.05, 4.69) is 15.0 Å². The third-order valence-corrected chi connectivity index (χ3v) is 1.82. The van der Waals surface area contributed by atoms with Crippen LogP contribution in [0.1, 0.15) is 5.56 Å². The molecule has 1 heterocycles. The van der Waals surface area contributed by atoms with Crippen LogP contribution in [-0.2, 0) is 4.74 Å². The minimum absolute atomic E-state index is 0.0868. The summed E-state index contributed by atoms with van der Waals surface area (Å²) in [5, 5.41) is 11.3. The zero-order chi connectivity index (χ0) is 10.7. The Bertz CT molecular complexity index is 452. The normalized spacial score (nSPS) is 13.2. The van der Waals surface area contributed by atoms with E-state index >= 15 is 0 Å². The standard InChI is InChI=1S/C10H8N2O3/c13-10(14)15-9-6-11-5-7-3-1-2-4-8(7)12-9/h1-6,12H,(H,13,14). The van der Waals surface area contributed by atoms with Crippen molar-refractivity contribution in [1.82, 2.24) is 0 Å². The maximum absolute atomic E-state index is 10.3. The summed E-state index contributed by atoms with van der Waals surface area (Å²) in [5.74, 6) is 0.0868. The Balaban J connectivity index is 2.27. The lowest BCUT2D eigenvalue weighted by Gasteiger charge is -2.08. The highest BCUT2D eigenvalue weighted by atomic mass is 16.7. The van der Waals surface area contributed by atoms with Gasteiger partial charge in [0.25, 0.3) is 0 Å². The molecule has 5 heteroatoms. The molecule has 0 radical (unpaired) electrons. The van der Waals surface area contributed by atoms with Crippen LogP contribution in [-0.4, -0.2) is 17.5 Å². The highest BCUT2D eigenvalue weighted by molar-refractivity contribution is 5.89. The van der Waals surface area contributed by atoms with Crippen molar-refractivity contribution >= 4 is 18.1 Å². The Morgan fingerprint density at radius 3 is 3.00 bits per heavy atom. The van der Waals surface area contributed by atoms with E-state index in [9.17, 15) is 4.79 Å². The average molecular weight is 204 g/mol. The van der Waals surface area contributed by atoms with Crippen molar-refractivity contribution in [2.24, 2.45) is 4.99 Å². The minimum atomic E-state index is -1.37. The van der Waals surface area contributed by atoms with Gasteiger partial charge in [-0.25, -0.2) is 4.79 Å². The second-order valence-corrected chi connectivity index (χ2v) is 2.85. The zero-order valence-corrected chi connectivity index (χ0v) is 7.68. The third-order valence-electron chi connectivity index (χ3n) is 1.82. The van der Waals surface area contributed by atoms with Crippen molar-refractivity contribution in [3.05, 3.63) is 41.9 Å². The SMILES string of the molecule is O=C(O)OC1=CN=Cc2ccccc2N1. The Morgan fingerprint density at radius 2 is 2.20 bits per heavy atom. The molecule has 5 nitrogen and oxygen atoms in total. The number of carbonyl (C=O) groups is 1. The molecule has 2 rings (SSSR count). The number of anilines is 1. The number of nitrogens with zero attached hydrogens (tertiary/aromatic N) is 1. The Kier molecular flexibility index (Phi) is 2.37. The van der Waals surface area contributed by atoms with Gasteiger partial charge in [-0.15, -0.1) is 0 Å². The van der Waals surface area contributed by atoms with Crippen molar-refractivity contribution in [2.75, 3.05) is 5.32 Å². The number of fused-ring (bicyclic) bond motifs is 1. The molecule has 0 atom stereocenters. The molecule has 0 fully saturated rings. The van der Waals surface area contributed by atoms with Gasteiger partial charge in [-0.1, -0.05) is 18.2 Å². The summed E-state index contributed by atoms with van der Waals surface area (Å²) in [5.41, 5.74) is 1.63. The summed E-state index contributed by atoms with van der Waals surface area (Å²) in [6.07, 6.45) is 1.57. The molecule has 1 aliphatic rings. The summed E-state index contributed by atoms with van der Waals surface area (Å²) in [6, 6.07) is 7.38. The molecule has 0 saturated heterocycles. The van der Waals surface area contributed by atoms with Crippen LogP contribution >= 0.6 is 0 Å². The summed E-state index contributed by atoms with van der Waals surface area (Å²) in [7, 11) is 0. The van der Waals surface area contributed by atoms with Gasteiger partial charge in [-0.2, -0.15) is 0 Å². The predicted molar refractivity (Wildman–Crippen MR) is 54.9 cm³/mol. The number of benzene rings is 1. The van der Waals surface area contributed by atoms with Crippen LogP contribution in [0.25, 0.3) is 0 Å². The first-order chi connectivity index (χ1) is 7.25. The maximum Gasteiger partial charge on any atom is 0.512 e. The number of carboxylic acid groups (broad SMARTS) is 1. The molecule has 0 unspecified atom stereocenters. The van der Waals surface area contributed by atoms with Gasteiger partial charge in [0.15, 0.2) is 0 Å². The van der Waals surface area contributed by atoms with E-state index < -0.39 is 6.16 Å². The molecule has 0 amide bonds. The second-order valence-electron chi connectivity index (χ2n) is 2.85. The summed E-state index contributed by atoms with van der Waals surface area (Å²) in [6.45, 7) is 0. The van der Waals surface area contributed by atoms with Crippen LogP contribution in [0, 0.1) is 0 Å². The number of nitrogens with one attached hydrogen (secondary N) is 1. The second kappa shape index (κ2) is 3.83. The molecule has 0 aromatic heterocycles. The van der Waals surface area contributed by atoms with Crippen LogP contribution in [0.4, 0.5) is 10.5 Å². The number of ether oxygens (including phenoxy) is 1. The number of para-hydroxylation sites is 1. The first-order valence-electron chi connectivity index (χ1n) is 4.26. The van der Waals surface area contributed by atoms with E-state index in [0.29, 0.717) is 0 Å². The molecule has 2 N–H and O–H groups in total. The maximum atomic E-state index is 10.3. The van der Waals surface area contributed by atoms with Crippen molar-refractivity contribution in [1.29, 1.82) is 0 Å². The molecule has 1 aromatic rings. The van der Waals surface area contributed by atoms with E-state index in [1.165, 1.54) is 6.20 Å². The van der Waals surface area contributed by atoms with Gasteiger partial charge in [0.1, 0.15) is 0 Å². The number of rotatable bonds is 1. The molecule has 0 spiro atoms. The molecular weight excluding hydrogens is 196 g/mol. The van der Waals surface area contributed by atoms with E-state index in [1.807, 2.05) is 24.3 Å². The van der Waals surface area contributed by atoms with Gasteiger partial charge in [-0.05, 0) is 6.07 Å². The Hall–Kier alpha value is -2.30. The lowest BCUT2D eigenvalue weighted by Crippen LogP contribution is -2.08. The topological polar surface area (TPSA) is 70.9 Å². The smallest absolute Gasteiger partial charge is 0.449 e. The third kappa shape index (κ3) is 2.14. The Labute approximate surface area is 85.7 Å². The van der Waals surface area contributed by atoms with Crippen molar-refractivity contribution in [3.8, 4) is 0 Å². The van der Waals surface area contributed by atoms with Gasteiger partial charge >= 0.3 is 6.16 Å². The van der Waals surface area contributed by atoms with E-state index in [1.54, 1.807) is 6.21 Å². The first-order valence-corrected chi connectivity index (χ1v) is 4.26. The monoisotopic (exact) mass is 204 g/mol. The fourth-order valence-electron chi connectivity index (χ4n) is 1.22. The molecule has 1 aliphatic heterocycles. The Morgan fingerprint density at radius 1 is 1.40 bits per heavy atom. The van der Waals surface area contributed by atoms with Crippen LogP contribution in [0.2, 0.25) is 0 Å². The molecule has 76 valence electrons. The molecular formula is C10H8N2O3. The van der Waals surface area contributed by atoms with Crippen molar-refractivity contribution < 1.29 is 14.6 Å². The largest absolute Gasteiger partial charge is 0.512 e. The van der Waals surface area contributed by atoms with Crippen LogP contribution in [0.5, 0.6) is 0 Å². The number of hydrogen-bond acceptors (Lipinski definition) is 4. The molecule has 0 aliphatic carbocycles. The van der Waals surface area contributed by atoms with Gasteiger partial charge in [0, 0.05) is 17.5 Å². The van der Waals surface area contributed by atoms with Crippen LogP contribution in [0.3, 0.4) is 0 Å². The summed E-state index contributed by atoms with van der Waals surface area (Å²) < 4.78 is 4.48. The van der Waals surface area contributed by atoms with Gasteiger partial charge in [-0.3, -0.25) is 4.99 Å². The predicted octanol–water partition coefficient (Wildman–Crippen LogP) is 2.02. The quantitative estimate of drug-likeness (QED) is 0.686. The van der Waals surface area contributed by atoms with Gasteiger partial charge in [0.05, 0.1) is 6.20 Å².